The molecule has 4 aromatic carbocycles. The molecule has 0 spiro atoms. The summed E-state index contributed by atoms with van der Waals surface area (Å²) >= 11 is -1.61. The SMILES string of the molecule is CC(C)(Cc1c(CP(c2ccccc2)c2ccccc2)n(S(=O)(=O)c2ccccc2)c2ccccc12)[S+](N)[O-]. The molecular formula is C31H31N2O3PS2. The Labute approximate surface area is 234 Å². The fraction of sp³-hybridized carbons (Fsp3) is 0.161. The van der Waals surface area contributed by atoms with Crippen LogP contribution < -0.4 is 15.7 Å². The molecule has 1 heterocycles. The Morgan fingerprint density at radius 1 is 0.795 bits per heavy atom. The third kappa shape index (κ3) is 5.56. The number of para-hydroxylation sites is 1. The van der Waals surface area contributed by atoms with Crippen molar-refractivity contribution in [1.29, 1.82) is 0 Å². The van der Waals surface area contributed by atoms with E-state index >= 15 is 0 Å². The zero-order valence-electron chi connectivity index (χ0n) is 21.9. The summed E-state index contributed by atoms with van der Waals surface area (Å²) in [5.41, 5.74) is 2.19. The van der Waals surface area contributed by atoms with Crippen molar-refractivity contribution in [2.45, 2.75) is 36.1 Å². The summed E-state index contributed by atoms with van der Waals surface area (Å²) in [6, 6.07) is 36.6. The highest BCUT2D eigenvalue weighted by Crippen LogP contribution is 2.43. The fourth-order valence-electron chi connectivity index (χ4n) is 4.85. The zero-order valence-corrected chi connectivity index (χ0v) is 24.4. The van der Waals surface area contributed by atoms with Gasteiger partial charge in [-0.3, -0.25) is 0 Å². The summed E-state index contributed by atoms with van der Waals surface area (Å²) in [6.45, 7) is 3.73. The van der Waals surface area contributed by atoms with Crippen molar-refractivity contribution in [3.05, 3.63) is 127 Å². The molecule has 0 saturated heterocycles. The molecule has 8 heteroatoms. The molecule has 0 saturated carbocycles. The van der Waals surface area contributed by atoms with Gasteiger partial charge in [0.2, 0.25) is 0 Å². The average Bonchev–Trinajstić information content (AvgIpc) is 3.26. The minimum atomic E-state index is -3.94. The van der Waals surface area contributed by atoms with E-state index in [4.69, 9.17) is 5.14 Å². The molecule has 1 atom stereocenters. The molecule has 0 amide bonds. The molecule has 0 fully saturated rings. The van der Waals surface area contributed by atoms with Gasteiger partial charge in [0.15, 0.2) is 0 Å². The molecule has 5 rings (SSSR count). The minimum absolute atomic E-state index is 0.226. The van der Waals surface area contributed by atoms with Crippen molar-refractivity contribution in [3.8, 4) is 0 Å². The van der Waals surface area contributed by atoms with E-state index in [1.54, 1.807) is 24.3 Å². The van der Waals surface area contributed by atoms with Crippen LogP contribution in [0.5, 0.6) is 0 Å². The summed E-state index contributed by atoms with van der Waals surface area (Å²) in [7, 11) is -4.90. The van der Waals surface area contributed by atoms with E-state index in [0.29, 0.717) is 23.8 Å². The third-order valence-corrected chi connectivity index (χ3v) is 12.4. The van der Waals surface area contributed by atoms with Crippen molar-refractivity contribution in [2.24, 2.45) is 5.14 Å². The predicted molar refractivity (Wildman–Crippen MR) is 164 cm³/mol. The Morgan fingerprint density at radius 2 is 1.28 bits per heavy atom. The molecule has 0 bridgehead atoms. The van der Waals surface area contributed by atoms with Gasteiger partial charge in [-0.25, -0.2) is 12.4 Å². The number of nitrogens with two attached hydrogens (primary N) is 1. The second-order valence-corrected chi connectivity index (χ2v) is 15.7. The standard InChI is InChI=1S/C31H31N2O3PS2/c1-31(2,38(32)34)22-28-27-20-12-13-21-29(27)33(39(35,36)26-18-10-5-11-19-26)30(28)23-37(24-14-6-3-7-15-24)25-16-8-4-9-17-25/h3-21H,22-23,32H2,1-2H3. The lowest BCUT2D eigenvalue weighted by molar-refractivity contribution is 0.544. The quantitative estimate of drug-likeness (QED) is 0.187. The lowest BCUT2D eigenvalue weighted by Crippen LogP contribution is -2.40. The molecule has 0 aliphatic heterocycles. The van der Waals surface area contributed by atoms with Gasteiger partial charge in [0.05, 0.1) is 10.4 Å². The van der Waals surface area contributed by atoms with Gasteiger partial charge in [0.1, 0.15) is 4.75 Å². The summed E-state index contributed by atoms with van der Waals surface area (Å²) in [6.07, 6.45) is 0.864. The summed E-state index contributed by atoms with van der Waals surface area (Å²) in [5.74, 6) is 0. The normalized spacial score (nSPS) is 13.2. The van der Waals surface area contributed by atoms with E-state index in [2.05, 4.69) is 24.3 Å². The van der Waals surface area contributed by atoms with Crippen LogP contribution in [0.15, 0.2) is 120 Å². The van der Waals surface area contributed by atoms with Crippen LogP contribution in [-0.2, 0) is 34.0 Å². The fourth-order valence-corrected chi connectivity index (χ4v) is 9.19. The molecule has 1 aromatic heterocycles. The maximum Gasteiger partial charge on any atom is 0.268 e. The highest BCUT2D eigenvalue weighted by molar-refractivity contribution is 7.90. The Kier molecular flexibility index (Phi) is 7.99. The van der Waals surface area contributed by atoms with Crippen molar-refractivity contribution >= 4 is 50.8 Å². The van der Waals surface area contributed by atoms with Crippen LogP contribution in [0.25, 0.3) is 10.9 Å². The highest BCUT2D eigenvalue weighted by Gasteiger charge is 2.36. The van der Waals surface area contributed by atoms with E-state index in [1.807, 2.05) is 80.6 Å². The third-order valence-electron chi connectivity index (χ3n) is 6.91. The van der Waals surface area contributed by atoms with Gasteiger partial charge in [-0.1, -0.05) is 97.1 Å². The molecule has 39 heavy (non-hydrogen) atoms. The van der Waals surface area contributed by atoms with Gasteiger partial charge in [0, 0.05) is 35.0 Å². The highest BCUT2D eigenvalue weighted by atomic mass is 32.2. The van der Waals surface area contributed by atoms with E-state index in [1.165, 1.54) is 3.97 Å². The molecule has 5 aromatic rings. The number of fused-ring (bicyclic) bond motifs is 1. The van der Waals surface area contributed by atoms with Crippen LogP contribution >= 0.6 is 7.92 Å². The van der Waals surface area contributed by atoms with Gasteiger partial charge in [-0.15, -0.1) is 0 Å². The van der Waals surface area contributed by atoms with Crippen LogP contribution in [-0.4, -0.2) is 21.7 Å². The largest absolute Gasteiger partial charge is 0.598 e. The molecule has 1 unspecified atom stereocenters. The summed E-state index contributed by atoms with van der Waals surface area (Å²) in [4.78, 5) is 0.226. The van der Waals surface area contributed by atoms with Gasteiger partial charge in [0.25, 0.3) is 10.0 Å². The zero-order chi connectivity index (χ0) is 27.6. The topological polar surface area (TPSA) is 88.2 Å². The van der Waals surface area contributed by atoms with Crippen molar-refractivity contribution in [2.75, 3.05) is 0 Å². The van der Waals surface area contributed by atoms with Crippen molar-refractivity contribution in [3.63, 3.8) is 0 Å². The maximum absolute atomic E-state index is 14.3. The lowest BCUT2D eigenvalue weighted by Gasteiger charge is -2.26. The average molecular weight is 575 g/mol. The summed E-state index contributed by atoms with van der Waals surface area (Å²) < 4.78 is 42.0. The smallest absolute Gasteiger partial charge is 0.268 e. The van der Waals surface area contributed by atoms with Gasteiger partial charge in [-0.2, -0.15) is 5.14 Å². The van der Waals surface area contributed by atoms with Gasteiger partial charge in [-0.05, 0) is 56.1 Å². The number of rotatable bonds is 9. The second kappa shape index (κ2) is 11.3. The Morgan fingerprint density at radius 3 is 1.82 bits per heavy atom. The van der Waals surface area contributed by atoms with E-state index in [9.17, 15) is 13.0 Å². The molecule has 200 valence electrons. The molecular weight excluding hydrogens is 543 g/mol. The maximum atomic E-state index is 14.3. The van der Waals surface area contributed by atoms with Crippen LogP contribution in [0.2, 0.25) is 0 Å². The molecule has 5 nitrogen and oxygen atoms in total. The van der Waals surface area contributed by atoms with Crippen molar-refractivity contribution < 1.29 is 13.0 Å². The number of hydrogen-bond acceptors (Lipinski definition) is 4. The first-order valence-electron chi connectivity index (χ1n) is 12.7. The number of nitrogens with zero attached hydrogens (tertiary/aromatic N) is 1. The number of aromatic nitrogens is 1. The first-order valence-corrected chi connectivity index (χ1v) is 16.8. The van der Waals surface area contributed by atoms with E-state index in [-0.39, 0.29) is 4.90 Å². The molecule has 2 N–H and O–H groups in total. The predicted octanol–water partition coefficient (Wildman–Crippen LogP) is 5.45. The summed E-state index contributed by atoms with van der Waals surface area (Å²) in [5, 5.41) is 9.07. The Balaban J connectivity index is 1.81. The first-order chi connectivity index (χ1) is 18.7. The lowest BCUT2D eigenvalue weighted by atomic mass is 9.99. The van der Waals surface area contributed by atoms with Crippen LogP contribution in [0.3, 0.4) is 0 Å². The van der Waals surface area contributed by atoms with Crippen LogP contribution in [0.1, 0.15) is 25.1 Å². The molecule has 0 radical (unpaired) electrons. The van der Waals surface area contributed by atoms with Gasteiger partial charge >= 0.3 is 0 Å². The number of benzene rings is 4. The van der Waals surface area contributed by atoms with Crippen LogP contribution in [0.4, 0.5) is 0 Å². The molecule has 0 aliphatic rings. The van der Waals surface area contributed by atoms with E-state index in [0.717, 1.165) is 21.6 Å². The second-order valence-electron chi connectivity index (χ2n) is 10.0. The monoisotopic (exact) mass is 574 g/mol. The number of hydrogen-bond donors (Lipinski definition) is 1. The van der Waals surface area contributed by atoms with Crippen molar-refractivity contribution in [1.82, 2.24) is 3.97 Å². The molecule has 0 aliphatic carbocycles. The first kappa shape index (κ1) is 27.6. The van der Waals surface area contributed by atoms with E-state index < -0.39 is 34.1 Å². The van der Waals surface area contributed by atoms with Gasteiger partial charge < -0.3 is 4.55 Å². The van der Waals surface area contributed by atoms with Crippen LogP contribution in [0, 0.1) is 0 Å². The minimum Gasteiger partial charge on any atom is -0.598 e. The Bertz CT molecular complexity index is 1630. The Hall–Kier alpha value is -2.93.